The minimum Gasteiger partial charge on any atom is -0.477 e. The summed E-state index contributed by atoms with van der Waals surface area (Å²) < 4.78 is 22.8. The lowest BCUT2D eigenvalue weighted by molar-refractivity contribution is -0.870. The van der Waals surface area contributed by atoms with Crippen LogP contribution in [0.15, 0.2) is 97.2 Å². The Morgan fingerprint density at radius 2 is 0.760 bits per heavy atom. The van der Waals surface area contributed by atoms with Gasteiger partial charge in [-0.25, -0.2) is 4.79 Å². The van der Waals surface area contributed by atoms with Gasteiger partial charge in [0.25, 0.3) is 6.29 Å². The number of carbonyl (C=O) groups is 3. The average molecular weight is 1050 g/mol. The normalized spacial score (nSPS) is 13.5. The molecule has 0 saturated heterocycles. The van der Waals surface area contributed by atoms with Crippen molar-refractivity contribution in [2.45, 2.75) is 257 Å². The number of nitrogens with zero attached hydrogens (tertiary/aromatic N) is 1. The van der Waals surface area contributed by atoms with Gasteiger partial charge in [0, 0.05) is 12.8 Å². The van der Waals surface area contributed by atoms with Crippen molar-refractivity contribution < 1.29 is 42.9 Å². The summed E-state index contributed by atoms with van der Waals surface area (Å²) in [6, 6.07) is 0. The Labute approximate surface area is 461 Å². The Hall–Kier alpha value is -3.79. The van der Waals surface area contributed by atoms with E-state index < -0.39 is 24.3 Å². The minimum atomic E-state index is -1.51. The Morgan fingerprint density at radius 3 is 1.15 bits per heavy atom. The van der Waals surface area contributed by atoms with Crippen molar-refractivity contribution in [2.24, 2.45) is 0 Å². The first-order chi connectivity index (χ1) is 36.6. The first-order valence-electron chi connectivity index (χ1n) is 30.4. The van der Waals surface area contributed by atoms with Gasteiger partial charge in [-0.05, 0) is 96.3 Å². The smallest absolute Gasteiger partial charge is 0.361 e. The summed E-state index contributed by atoms with van der Waals surface area (Å²) in [4.78, 5) is 37.4. The fourth-order valence-electron chi connectivity index (χ4n) is 8.16. The minimum absolute atomic E-state index is 0.184. The van der Waals surface area contributed by atoms with Crippen LogP contribution in [0.1, 0.15) is 245 Å². The van der Waals surface area contributed by atoms with Crippen LogP contribution in [-0.2, 0) is 33.3 Å². The molecule has 75 heavy (non-hydrogen) atoms. The lowest BCUT2D eigenvalue weighted by atomic mass is 10.0. The van der Waals surface area contributed by atoms with Gasteiger partial charge in [0.15, 0.2) is 6.10 Å². The number of rotatable bonds is 55. The van der Waals surface area contributed by atoms with Crippen molar-refractivity contribution in [3.05, 3.63) is 97.2 Å². The van der Waals surface area contributed by atoms with Gasteiger partial charge in [-0.3, -0.25) is 9.59 Å². The molecule has 9 heteroatoms. The summed E-state index contributed by atoms with van der Waals surface area (Å²) in [6.45, 7) is 4.74. The molecule has 0 fully saturated rings. The molecule has 2 unspecified atom stereocenters. The highest BCUT2D eigenvalue weighted by molar-refractivity contribution is 5.71. The molecule has 0 radical (unpaired) electrons. The van der Waals surface area contributed by atoms with E-state index in [1.54, 1.807) is 0 Å². The van der Waals surface area contributed by atoms with E-state index >= 15 is 0 Å². The maximum Gasteiger partial charge on any atom is 0.361 e. The van der Waals surface area contributed by atoms with E-state index in [0.29, 0.717) is 17.4 Å². The second-order valence-electron chi connectivity index (χ2n) is 21.3. The zero-order valence-electron chi connectivity index (χ0n) is 48.9. The van der Waals surface area contributed by atoms with E-state index in [0.717, 1.165) is 103 Å². The largest absolute Gasteiger partial charge is 0.477 e. The molecular formula is C66H114NO8+. The number of ether oxygens (including phenoxy) is 4. The van der Waals surface area contributed by atoms with Crippen LogP contribution in [0.3, 0.4) is 0 Å². The third-order valence-electron chi connectivity index (χ3n) is 12.8. The maximum atomic E-state index is 12.9. The van der Waals surface area contributed by atoms with E-state index in [9.17, 15) is 19.5 Å². The molecule has 0 aromatic heterocycles. The van der Waals surface area contributed by atoms with Crippen LogP contribution in [-0.4, -0.2) is 87.4 Å². The summed E-state index contributed by atoms with van der Waals surface area (Å²) in [6.07, 6.45) is 73.6. The van der Waals surface area contributed by atoms with Gasteiger partial charge < -0.3 is 28.5 Å². The number of hydrogen-bond donors (Lipinski definition) is 1. The molecule has 1 N–H and O–H groups in total. The van der Waals surface area contributed by atoms with Crippen LogP contribution in [0.5, 0.6) is 0 Å². The lowest BCUT2D eigenvalue weighted by Crippen LogP contribution is -2.40. The molecule has 0 bridgehead atoms. The van der Waals surface area contributed by atoms with Crippen molar-refractivity contribution in [2.75, 3.05) is 47.5 Å². The summed E-state index contributed by atoms with van der Waals surface area (Å²) in [5, 5.41) is 9.69. The second kappa shape index (κ2) is 56.4. The Bertz CT molecular complexity index is 1550. The number of carboxylic acid groups (broad SMARTS) is 1. The number of carbonyl (C=O) groups excluding carboxylic acids is 2. The topological polar surface area (TPSA) is 108 Å². The van der Waals surface area contributed by atoms with E-state index in [2.05, 4.69) is 111 Å². The summed E-state index contributed by atoms with van der Waals surface area (Å²) >= 11 is 0. The second-order valence-corrected chi connectivity index (χ2v) is 21.3. The SMILES string of the molecule is CC/C=C\C/C=C\C/C=C\C/C=C\C/C=C\C/C=C\C/C=C\CCCCCCCCCCCCCCCCCC(=O)OC(COC(=O)CCCCCCC/C=C\CCCCCC)COC(OCC[N+](C)(C)C)C(=O)O. The van der Waals surface area contributed by atoms with Crippen LogP contribution in [0, 0.1) is 0 Å². The predicted octanol–water partition coefficient (Wildman–Crippen LogP) is 18.1. The molecule has 0 aliphatic carbocycles. The standard InChI is InChI=1S/C66H113NO8/c1-6-8-10-12-14-16-18-20-21-22-23-24-25-26-27-28-29-30-31-32-33-34-35-36-37-38-39-40-41-42-43-45-47-49-51-53-55-57-64(69)75-62(61-74-66(65(70)71)72-59-58-67(3,4)5)60-73-63(68)56-54-52-50-48-46-44-19-17-15-13-11-9-7-2/h8,10,14,16-17,19-21,23-24,26-27,29-30,32-33,62,66H,6-7,9,11-13,15,18,22,25,28,31,34-61H2,1-5H3/p+1/b10-8-,16-14-,19-17-,21-20-,24-23-,27-26-,30-29-,33-32-. The first kappa shape index (κ1) is 71.2. The highest BCUT2D eigenvalue weighted by atomic mass is 16.7. The van der Waals surface area contributed by atoms with Crippen LogP contribution < -0.4 is 0 Å². The first-order valence-corrected chi connectivity index (χ1v) is 30.4. The van der Waals surface area contributed by atoms with Crippen molar-refractivity contribution in [1.82, 2.24) is 0 Å². The summed E-state index contributed by atoms with van der Waals surface area (Å²) in [5.74, 6) is -2.02. The molecule has 0 heterocycles. The van der Waals surface area contributed by atoms with E-state index in [1.807, 2.05) is 21.1 Å². The number of aliphatic carboxylic acids is 1. The molecule has 9 nitrogen and oxygen atoms in total. The molecule has 430 valence electrons. The number of quaternary nitrogens is 1. The summed E-state index contributed by atoms with van der Waals surface area (Å²) in [5.41, 5.74) is 0. The monoisotopic (exact) mass is 1050 g/mol. The fourth-order valence-corrected chi connectivity index (χ4v) is 8.16. The van der Waals surface area contributed by atoms with Crippen molar-refractivity contribution in [1.29, 1.82) is 0 Å². The Morgan fingerprint density at radius 1 is 0.413 bits per heavy atom. The van der Waals surface area contributed by atoms with Crippen LogP contribution >= 0.6 is 0 Å². The number of hydrogen-bond acceptors (Lipinski definition) is 7. The van der Waals surface area contributed by atoms with Gasteiger partial charge >= 0.3 is 17.9 Å². The third kappa shape index (κ3) is 57.7. The molecular weight excluding hydrogens is 935 g/mol. The average Bonchev–Trinajstić information content (AvgIpc) is 3.38. The van der Waals surface area contributed by atoms with Gasteiger partial charge in [-0.15, -0.1) is 0 Å². The number of esters is 2. The van der Waals surface area contributed by atoms with Gasteiger partial charge in [0.1, 0.15) is 13.2 Å². The van der Waals surface area contributed by atoms with Crippen LogP contribution in [0.4, 0.5) is 0 Å². The molecule has 0 saturated carbocycles. The molecule has 0 aliphatic rings. The van der Waals surface area contributed by atoms with Crippen molar-refractivity contribution >= 4 is 17.9 Å². The summed E-state index contributed by atoms with van der Waals surface area (Å²) in [7, 11) is 5.96. The molecule has 0 amide bonds. The van der Waals surface area contributed by atoms with Gasteiger partial charge in [0.2, 0.25) is 0 Å². The number of likely N-dealkylation sites (N-methyl/N-ethyl adjacent to an activating group) is 1. The molecule has 0 rings (SSSR count). The van der Waals surface area contributed by atoms with Crippen LogP contribution in [0.25, 0.3) is 0 Å². The molecule has 0 aromatic rings. The maximum absolute atomic E-state index is 12.9. The van der Waals surface area contributed by atoms with E-state index in [1.165, 1.54) is 116 Å². The van der Waals surface area contributed by atoms with Gasteiger partial charge in [-0.2, -0.15) is 0 Å². The van der Waals surface area contributed by atoms with Gasteiger partial charge in [0.05, 0.1) is 34.4 Å². The van der Waals surface area contributed by atoms with E-state index in [-0.39, 0.29) is 32.2 Å². The molecule has 0 spiro atoms. The molecule has 0 aromatic carbocycles. The zero-order valence-corrected chi connectivity index (χ0v) is 48.9. The number of allylic oxidation sites excluding steroid dienone is 16. The van der Waals surface area contributed by atoms with Crippen molar-refractivity contribution in [3.63, 3.8) is 0 Å². The third-order valence-corrected chi connectivity index (χ3v) is 12.8. The Balaban J connectivity index is 4.08. The zero-order chi connectivity index (χ0) is 54.8. The van der Waals surface area contributed by atoms with E-state index in [4.69, 9.17) is 18.9 Å². The highest BCUT2D eigenvalue weighted by Crippen LogP contribution is 2.16. The quantitative estimate of drug-likeness (QED) is 0.0211. The number of carboxylic acids is 1. The highest BCUT2D eigenvalue weighted by Gasteiger charge is 2.25. The Kier molecular flexibility index (Phi) is 53.6. The molecule has 2 atom stereocenters. The fraction of sp³-hybridized carbons (Fsp3) is 0.712. The predicted molar refractivity (Wildman–Crippen MR) is 318 cm³/mol. The van der Waals surface area contributed by atoms with Crippen molar-refractivity contribution in [3.8, 4) is 0 Å². The van der Waals surface area contributed by atoms with Gasteiger partial charge in [-0.1, -0.05) is 233 Å². The molecule has 0 aliphatic heterocycles. The lowest BCUT2D eigenvalue weighted by Gasteiger charge is -2.25. The number of unbranched alkanes of at least 4 members (excludes halogenated alkanes) is 24. The van der Waals surface area contributed by atoms with Crippen LogP contribution in [0.2, 0.25) is 0 Å².